The summed E-state index contributed by atoms with van der Waals surface area (Å²) >= 11 is 0. The first-order valence-electron chi connectivity index (χ1n) is 7.43. The first-order valence-corrected chi connectivity index (χ1v) is 7.43. The maximum absolute atomic E-state index is 12.6. The van der Waals surface area contributed by atoms with Crippen LogP contribution in [0.25, 0.3) is 0 Å². The molecule has 0 bridgehead atoms. The maximum atomic E-state index is 12.6. The minimum atomic E-state index is -0.176. The number of hydrogen-bond donors (Lipinski definition) is 1. The van der Waals surface area contributed by atoms with Crippen molar-refractivity contribution >= 4 is 17.5 Å². The molecule has 118 valence electrons. The fraction of sp³-hybridized carbons (Fsp3) is 0.438. The van der Waals surface area contributed by atoms with E-state index < -0.39 is 0 Å². The smallest absolute Gasteiger partial charge is 0.270 e. The van der Waals surface area contributed by atoms with Crippen LogP contribution in [0.5, 0.6) is 5.75 Å². The number of phenols is 1. The zero-order valence-electron chi connectivity index (χ0n) is 13.0. The molecule has 0 radical (unpaired) electrons. The standard InChI is InChI=1S/C16H21N3O3/c1-3-10-19(11-12-6-4-5-7-14(12)20)16(22)13-8-9-15(21)18(2)17-13/h4-7,20H,3,8-11H2,1-2H3. The molecule has 1 aliphatic rings. The number of carbonyl (C=O) groups excluding carboxylic acids is 2. The van der Waals surface area contributed by atoms with E-state index >= 15 is 0 Å². The Labute approximate surface area is 130 Å². The van der Waals surface area contributed by atoms with Crippen LogP contribution < -0.4 is 0 Å². The average molecular weight is 303 g/mol. The van der Waals surface area contributed by atoms with Gasteiger partial charge in [-0.1, -0.05) is 25.1 Å². The van der Waals surface area contributed by atoms with Crippen molar-refractivity contribution in [3.8, 4) is 5.75 Å². The monoisotopic (exact) mass is 303 g/mol. The lowest BCUT2D eigenvalue weighted by atomic mass is 10.1. The van der Waals surface area contributed by atoms with Crippen LogP contribution >= 0.6 is 0 Å². The summed E-state index contributed by atoms with van der Waals surface area (Å²) in [6.45, 7) is 2.89. The van der Waals surface area contributed by atoms with Crippen molar-refractivity contribution in [2.24, 2.45) is 5.10 Å². The van der Waals surface area contributed by atoms with E-state index in [-0.39, 0.29) is 17.6 Å². The molecular formula is C16H21N3O3. The number of rotatable bonds is 5. The van der Waals surface area contributed by atoms with Gasteiger partial charge >= 0.3 is 0 Å². The minimum absolute atomic E-state index is 0.0840. The second-order valence-corrected chi connectivity index (χ2v) is 5.32. The van der Waals surface area contributed by atoms with Gasteiger partial charge in [-0.3, -0.25) is 9.59 Å². The Kier molecular flexibility index (Phi) is 5.14. The number of hydrogen-bond acceptors (Lipinski definition) is 4. The molecule has 6 nitrogen and oxygen atoms in total. The van der Waals surface area contributed by atoms with Gasteiger partial charge in [0, 0.05) is 38.5 Å². The number of nitrogens with zero attached hydrogens (tertiary/aromatic N) is 3. The SMILES string of the molecule is CCCN(Cc1ccccc1O)C(=O)C1=NN(C)C(=O)CC1. The number of hydrazone groups is 1. The first-order chi connectivity index (χ1) is 10.5. The maximum Gasteiger partial charge on any atom is 0.270 e. The Morgan fingerprint density at radius 2 is 2.09 bits per heavy atom. The van der Waals surface area contributed by atoms with Crippen LogP contribution in [-0.4, -0.2) is 46.1 Å². The van der Waals surface area contributed by atoms with E-state index in [0.717, 1.165) is 6.42 Å². The van der Waals surface area contributed by atoms with E-state index in [1.807, 2.05) is 13.0 Å². The molecule has 0 spiro atoms. The highest BCUT2D eigenvalue weighted by Gasteiger charge is 2.26. The molecule has 0 saturated carbocycles. The molecular weight excluding hydrogens is 282 g/mol. The van der Waals surface area contributed by atoms with E-state index in [9.17, 15) is 14.7 Å². The lowest BCUT2D eigenvalue weighted by molar-refractivity contribution is -0.130. The van der Waals surface area contributed by atoms with E-state index in [1.165, 1.54) is 5.01 Å². The second-order valence-electron chi connectivity index (χ2n) is 5.32. The van der Waals surface area contributed by atoms with Gasteiger partial charge in [0.15, 0.2) is 0 Å². The van der Waals surface area contributed by atoms with Crippen LogP contribution in [0.4, 0.5) is 0 Å². The van der Waals surface area contributed by atoms with Crippen LogP contribution in [0.15, 0.2) is 29.4 Å². The summed E-state index contributed by atoms with van der Waals surface area (Å²) in [6, 6.07) is 6.98. The fourth-order valence-corrected chi connectivity index (χ4v) is 2.38. The third kappa shape index (κ3) is 3.63. The average Bonchev–Trinajstić information content (AvgIpc) is 2.51. The molecule has 1 N–H and O–H groups in total. The van der Waals surface area contributed by atoms with Crippen LogP contribution in [0.2, 0.25) is 0 Å². The fourth-order valence-electron chi connectivity index (χ4n) is 2.38. The summed E-state index contributed by atoms with van der Waals surface area (Å²) in [7, 11) is 1.56. The largest absolute Gasteiger partial charge is 0.508 e. The van der Waals surface area contributed by atoms with Crippen LogP contribution in [0.1, 0.15) is 31.7 Å². The van der Waals surface area contributed by atoms with Crippen LogP contribution in [0, 0.1) is 0 Å². The molecule has 2 amide bonds. The number of aromatic hydroxyl groups is 1. The molecule has 0 atom stereocenters. The van der Waals surface area contributed by atoms with Crippen molar-refractivity contribution in [1.82, 2.24) is 9.91 Å². The highest BCUT2D eigenvalue weighted by Crippen LogP contribution is 2.19. The number of phenolic OH excluding ortho intramolecular Hbond substituents is 1. The zero-order chi connectivity index (χ0) is 16.1. The third-order valence-electron chi connectivity index (χ3n) is 3.59. The molecule has 2 rings (SSSR count). The normalized spacial score (nSPS) is 14.7. The number of amides is 2. The zero-order valence-corrected chi connectivity index (χ0v) is 13.0. The van der Waals surface area contributed by atoms with Crippen LogP contribution in [-0.2, 0) is 16.1 Å². The Morgan fingerprint density at radius 3 is 2.73 bits per heavy atom. The summed E-state index contributed by atoms with van der Waals surface area (Å²) < 4.78 is 0. The molecule has 0 saturated heterocycles. The van der Waals surface area contributed by atoms with Crippen molar-refractivity contribution < 1.29 is 14.7 Å². The van der Waals surface area contributed by atoms with E-state index in [1.54, 1.807) is 30.1 Å². The number of benzene rings is 1. The molecule has 0 aliphatic carbocycles. The van der Waals surface area contributed by atoms with Gasteiger partial charge in [0.2, 0.25) is 5.91 Å². The molecule has 1 heterocycles. The van der Waals surface area contributed by atoms with Gasteiger partial charge in [-0.15, -0.1) is 0 Å². The lowest BCUT2D eigenvalue weighted by Gasteiger charge is -2.26. The van der Waals surface area contributed by atoms with Gasteiger partial charge in [0.05, 0.1) is 0 Å². The molecule has 1 aromatic carbocycles. The number of para-hydroxylation sites is 1. The lowest BCUT2D eigenvalue weighted by Crippen LogP contribution is -2.40. The van der Waals surface area contributed by atoms with E-state index in [2.05, 4.69) is 5.10 Å². The van der Waals surface area contributed by atoms with E-state index in [4.69, 9.17) is 0 Å². The second kappa shape index (κ2) is 7.06. The Balaban J connectivity index is 2.17. The summed E-state index contributed by atoms with van der Waals surface area (Å²) in [5, 5.41) is 15.2. The molecule has 22 heavy (non-hydrogen) atoms. The highest BCUT2D eigenvalue weighted by molar-refractivity contribution is 6.39. The van der Waals surface area contributed by atoms with Crippen molar-refractivity contribution in [1.29, 1.82) is 0 Å². The van der Waals surface area contributed by atoms with Gasteiger partial charge in [-0.25, -0.2) is 5.01 Å². The van der Waals surface area contributed by atoms with Gasteiger partial charge in [-0.2, -0.15) is 5.10 Å². The molecule has 0 aromatic heterocycles. The highest BCUT2D eigenvalue weighted by atomic mass is 16.3. The van der Waals surface area contributed by atoms with Crippen LogP contribution in [0.3, 0.4) is 0 Å². The predicted molar refractivity (Wildman–Crippen MR) is 83.3 cm³/mol. The Morgan fingerprint density at radius 1 is 1.36 bits per heavy atom. The molecule has 0 unspecified atom stereocenters. The minimum Gasteiger partial charge on any atom is -0.508 e. The van der Waals surface area contributed by atoms with Gasteiger partial charge in [-0.05, 0) is 12.5 Å². The summed E-state index contributed by atoms with van der Waals surface area (Å²) in [5.41, 5.74) is 1.09. The summed E-state index contributed by atoms with van der Waals surface area (Å²) in [6.07, 6.45) is 1.47. The molecule has 6 heteroatoms. The molecule has 0 fully saturated rings. The van der Waals surface area contributed by atoms with Gasteiger partial charge in [0.1, 0.15) is 11.5 Å². The number of carbonyl (C=O) groups is 2. The van der Waals surface area contributed by atoms with Crippen molar-refractivity contribution in [2.75, 3.05) is 13.6 Å². The van der Waals surface area contributed by atoms with Crippen molar-refractivity contribution in [3.63, 3.8) is 0 Å². The van der Waals surface area contributed by atoms with Crippen molar-refractivity contribution in [3.05, 3.63) is 29.8 Å². The van der Waals surface area contributed by atoms with Gasteiger partial charge in [0.25, 0.3) is 5.91 Å². The molecule has 1 aromatic rings. The Hall–Kier alpha value is -2.37. The topological polar surface area (TPSA) is 73.2 Å². The predicted octanol–water partition coefficient (Wildman–Crippen LogP) is 1.74. The third-order valence-corrected chi connectivity index (χ3v) is 3.59. The first kappa shape index (κ1) is 16.0. The Bertz CT molecular complexity index is 598. The summed E-state index contributed by atoms with van der Waals surface area (Å²) in [4.78, 5) is 25.8. The molecule has 1 aliphatic heterocycles. The van der Waals surface area contributed by atoms with Crippen molar-refractivity contribution in [2.45, 2.75) is 32.7 Å². The van der Waals surface area contributed by atoms with E-state index in [0.29, 0.717) is 37.2 Å². The summed E-state index contributed by atoms with van der Waals surface area (Å²) in [5.74, 6) is -0.0852. The van der Waals surface area contributed by atoms with Gasteiger partial charge < -0.3 is 10.0 Å². The quantitative estimate of drug-likeness (QED) is 0.900.